The Morgan fingerprint density at radius 3 is 2.71 bits per heavy atom. The molecule has 126 valence electrons. The molecule has 0 aliphatic heterocycles. The van der Waals surface area contributed by atoms with Gasteiger partial charge in [-0.3, -0.25) is 0 Å². The smallest absolute Gasteiger partial charge is 0.337 e. The molecule has 0 saturated heterocycles. The minimum absolute atomic E-state index is 0.422. The van der Waals surface area contributed by atoms with Gasteiger partial charge in [0.1, 0.15) is 0 Å². The highest BCUT2D eigenvalue weighted by Crippen LogP contribution is 2.19. The number of carboxylic acids is 1. The van der Waals surface area contributed by atoms with E-state index in [1.807, 2.05) is 13.0 Å². The van der Waals surface area contributed by atoms with E-state index >= 15 is 0 Å². The number of benzene rings is 1. The molecule has 2 amide bonds. The van der Waals surface area contributed by atoms with Gasteiger partial charge in [-0.2, -0.15) is 0 Å². The maximum Gasteiger partial charge on any atom is 0.337 e. The number of urea groups is 1. The topological polar surface area (TPSA) is 124 Å². The number of hydrogen-bond acceptors (Lipinski definition) is 5. The molecular formula is C16H18N4O4. The summed E-state index contributed by atoms with van der Waals surface area (Å²) in [5.74, 6) is -0.880. The number of carbonyl (C=O) groups is 2. The first-order chi connectivity index (χ1) is 11.3. The monoisotopic (exact) mass is 330 g/mol. The molecule has 8 nitrogen and oxygen atoms in total. The Morgan fingerprint density at radius 1 is 1.29 bits per heavy atom. The molecule has 0 saturated carbocycles. The van der Waals surface area contributed by atoms with Crippen LogP contribution in [0.5, 0.6) is 0 Å². The Hall–Kier alpha value is -3.00. The summed E-state index contributed by atoms with van der Waals surface area (Å²) in [5, 5.41) is 23.2. The Bertz CT molecular complexity index is 761. The van der Waals surface area contributed by atoms with E-state index in [1.54, 1.807) is 30.5 Å². The summed E-state index contributed by atoms with van der Waals surface area (Å²) in [7, 11) is 0. The largest absolute Gasteiger partial charge is 0.479 e. The van der Waals surface area contributed by atoms with Crippen LogP contribution in [0.15, 0.2) is 36.5 Å². The van der Waals surface area contributed by atoms with Gasteiger partial charge in [0.05, 0.1) is 6.54 Å². The minimum atomic E-state index is -2.03. The molecule has 0 spiro atoms. The molecule has 8 heteroatoms. The van der Waals surface area contributed by atoms with Gasteiger partial charge < -0.3 is 20.8 Å². The number of carbonyl (C=O) groups excluding carboxylic acids is 1. The zero-order valence-corrected chi connectivity index (χ0v) is 13.3. The molecule has 2 rings (SSSR count). The predicted molar refractivity (Wildman–Crippen MR) is 87.5 cm³/mol. The highest BCUT2D eigenvalue weighted by atomic mass is 16.4. The van der Waals surface area contributed by atoms with Gasteiger partial charge in [0, 0.05) is 23.1 Å². The number of aliphatic carboxylic acids is 1. The lowest BCUT2D eigenvalue weighted by Gasteiger charge is -2.18. The molecule has 0 fully saturated rings. The Kier molecular flexibility index (Phi) is 5.10. The Morgan fingerprint density at radius 2 is 2.04 bits per heavy atom. The van der Waals surface area contributed by atoms with Gasteiger partial charge in [-0.25, -0.2) is 19.6 Å². The van der Waals surface area contributed by atoms with Crippen LogP contribution in [-0.2, 0) is 4.79 Å². The fourth-order valence-corrected chi connectivity index (χ4v) is 1.83. The van der Waals surface area contributed by atoms with Crippen molar-refractivity contribution in [3.05, 3.63) is 42.2 Å². The van der Waals surface area contributed by atoms with Crippen LogP contribution in [0.1, 0.15) is 12.6 Å². The van der Waals surface area contributed by atoms with Crippen molar-refractivity contribution in [2.75, 3.05) is 11.9 Å². The second-order valence-electron chi connectivity index (χ2n) is 5.49. The first kappa shape index (κ1) is 17.4. The van der Waals surface area contributed by atoms with E-state index in [9.17, 15) is 14.7 Å². The van der Waals surface area contributed by atoms with Gasteiger partial charge in [0.15, 0.2) is 11.4 Å². The van der Waals surface area contributed by atoms with Gasteiger partial charge in [-0.1, -0.05) is 12.1 Å². The number of aromatic nitrogens is 2. The van der Waals surface area contributed by atoms with Crippen LogP contribution in [0.4, 0.5) is 10.5 Å². The van der Waals surface area contributed by atoms with Crippen molar-refractivity contribution in [2.45, 2.75) is 19.4 Å². The minimum Gasteiger partial charge on any atom is -0.479 e. The number of aryl methyl sites for hydroxylation is 1. The van der Waals surface area contributed by atoms with Gasteiger partial charge in [0.25, 0.3) is 0 Å². The van der Waals surface area contributed by atoms with Crippen LogP contribution in [0.3, 0.4) is 0 Å². The van der Waals surface area contributed by atoms with Crippen molar-refractivity contribution < 1.29 is 19.8 Å². The fraction of sp³-hybridized carbons (Fsp3) is 0.250. The van der Waals surface area contributed by atoms with Gasteiger partial charge in [0.2, 0.25) is 0 Å². The second-order valence-corrected chi connectivity index (χ2v) is 5.49. The van der Waals surface area contributed by atoms with E-state index in [0.29, 0.717) is 11.5 Å². The third-order valence-corrected chi connectivity index (χ3v) is 3.23. The number of nitrogens with zero attached hydrogens (tertiary/aromatic N) is 2. The SMILES string of the molecule is Cc1ccnc(-c2cccc(NC(=O)NCC(C)(O)C(=O)O)c2)n1. The van der Waals surface area contributed by atoms with Crippen molar-refractivity contribution in [1.82, 2.24) is 15.3 Å². The Labute approximate surface area is 138 Å². The van der Waals surface area contributed by atoms with Crippen molar-refractivity contribution in [1.29, 1.82) is 0 Å². The van der Waals surface area contributed by atoms with Crippen molar-refractivity contribution in [3.63, 3.8) is 0 Å². The van der Waals surface area contributed by atoms with Crippen molar-refractivity contribution in [2.24, 2.45) is 0 Å². The highest BCUT2D eigenvalue weighted by molar-refractivity contribution is 5.90. The number of anilines is 1. The zero-order valence-electron chi connectivity index (χ0n) is 13.3. The molecular weight excluding hydrogens is 312 g/mol. The molecule has 4 N–H and O–H groups in total. The first-order valence-electron chi connectivity index (χ1n) is 7.18. The number of rotatable bonds is 5. The molecule has 1 unspecified atom stereocenters. The van der Waals surface area contributed by atoms with Crippen LogP contribution in [0.25, 0.3) is 11.4 Å². The van der Waals surface area contributed by atoms with Gasteiger partial charge in [-0.15, -0.1) is 0 Å². The lowest BCUT2D eigenvalue weighted by molar-refractivity contribution is -0.155. The van der Waals surface area contributed by atoms with Crippen LogP contribution in [0.2, 0.25) is 0 Å². The molecule has 0 aliphatic carbocycles. The standard InChI is InChI=1S/C16H18N4O4/c1-10-6-7-17-13(19-10)11-4-3-5-12(8-11)20-15(23)18-9-16(2,24)14(21)22/h3-8,24H,9H2,1-2H3,(H,21,22)(H2,18,20,23). The van der Waals surface area contributed by atoms with Crippen LogP contribution in [-0.4, -0.2) is 44.3 Å². The second kappa shape index (κ2) is 7.05. The number of amides is 2. The van der Waals surface area contributed by atoms with Crippen LogP contribution < -0.4 is 10.6 Å². The molecule has 1 aromatic carbocycles. The lowest BCUT2D eigenvalue weighted by atomic mass is 10.1. The average molecular weight is 330 g/mol. The Balaban J connectivity index is 2.04. The fourth-order valence-electron chi connectivity index (χ4n) is 1.83. The number of aliphatic hydroxyl groups is 1. The number of hydrogen-bond donors (Lipinski definition) is 4. The molecule has 24 heavy (non-hydrogen) atoms. The molecule has 1 aromatic heterocycles. The summed E-state index contributed by atoms with van der Waals surface area (Å²) in [6, 6.07) is 8.08. The van der Waals surface area contributed by atoms with Crippen LogP contribution in [0, 0.1) is 6.92 Å². The highest BCUT2D eigenvalue weighted by Gasteiger charge is 2.30. The number of carboxylic acid groups (broad SMARTS) is 1. The summed E-state index contributed by atoms with van der Waals surface area (Å²) in [5.41, 5.74) is 0.0142. The van der Waals surface area contributed by atoms with Crippen LogP contribution >= 0.6 is 0 Å². The van der Waals surface area contributed by atoms with E-state index in [-0.39, 0.29) is 0 Å². The third-order valence-electron chi connectivity index (χ3n) is 3.23. The van der Waals surface area contributed by atoms with E-state index < -0.39 is 24.1 Å². The van der Waals surface area contributed by atoms with E-state index in [1.165, 1.54) is 0 Å². The molecule has 0 aliphatic rings. The molecule has 2 aromatic rings. The molecule has 0 bridgehead atoms. The maximum atomic E-state index is 11.8. The van der Waals surface area contributed by atoms with Crippen molar-refractivity contribution in [3.8, 4) is 11.4 Å². The predicted octanol–water partition coefficient (Wildman–Crippen LogP) is 1.41. The number of nitrogens with one attached hydrogen (secondary N) is 2. The summed E-state index contributed by atoms with van der Waals surface area (Å²) in [6.07, 6.45) is 1.65. The van der Waals surface area contributed by atoms with E-state index in [4.69, 9.17) is 5.11 Å². The molecule has 0 radical (unpaired) electrons. The summed E-state index contributed by atoms with van der Waals surface area (Å²) in [6.45, 7) is 2.54. The van der Waals surface area contributed by atoms with E-state index in [0.717, 1.165) is 18.2 Å². The summed E-state index contributed by atoms with van der Waals surface area (Å²) in [4.78, 5) is 31.1. The quantitative estimate of drug-likeness (QED) is 0.657. The average Bonchev–Trinajstić information content (AvgIpc) is 2.53. The molecule has 1 heterocycles. The third kappa shape index (κ3) is 4.50. The van der Waals surface area contributed by atoms with E-state index in [2.05, 4.69) is 20.6 Å². The molecule has 1 atom stereocenters. The lowest BCUT2D eigenvalue weighted by Crippen LogP contribution is -2.47. The maximum absolute atomic E-state index is 11.8. The summed E-state index contributed by atoms with van der Waals surface area (Å²) >= 11 is 0. The first-order valence-corrected chi connectivity index (χ1v) is 7.18. The normalized spacial score (nSPS) is 13.0. The van der Waals surface area contributed by atoms with Gasteiger partial charge in [-0.05, 0) is 32.0 Å². The van der Waals surface area contributed by atoms with Crippen molar-refractivity contribution >= 4 is 17.7 Å². The van der Waals surface area contributed by atoms with Gasteiger partial charge >= 0.3 is 12.0 Å². The summed E-state index contributed by atoms with van der Waals surface area (Å²) < 4.78 is 0. The zero-order chi connectivity index (χ0) is 17.7.